The van der Waals surface area contributed by atoms with E-state index >= 15 is 0 Å². The molecule has 0 saturated carbocycles. The van der Waals surface area contributed by atoms with Gasteiger partial charge in [0, 0.05) is 18.2 Å². The molecule has 6 nitrogen and oxygen atoms in total. The Morgan fingerprint density at radius 3 is 2.45 bits per heavy atom. The van der Waals surface area contributed by atoms with Gasteiger partial charge in [-0.3, -0.25) is 14.9 Å². The van der Waals surface area contributed by atoms with E-state index in [9.17, 15) is 14.9 Å². The molecule has 1 amide bonds. The Morgan fingerprint density at radius 1 is 1.35 bits per heavy atom. The number of hydrogen-bond acceptors (Lipinski definition) is 4. The first-order chi connectivity index (χ1) is 9.48. The first-order valence-electron chi connectivity index (χ1n) is 6.71. The molecule has 1 rings (SSSR count). The molecule has 0 heterocycles. The molecule has 1 aromatic carbocycles. The summed E-state index contributed by atoms with van der Waals surface area (Å²) in [6.07, 6.45) is 1.43. The van der Waals surface area contributed by atoms with Crippen LogP contribution in [0.5, 0.6) is 0 Å². The van der Waals surface area contributed by atoms with Crippen LogP contribution in [0.4, 0.5) is 5.69 Å². The van der Waals surface area contributed by atoms with E-state index in [0.717, 1.165) is 12.8 Å². The quantitative estimate of drug-likeness (QED) is 0.587. The van der Waals surface area contributed by atoms with Gasteiger partial charge in [0.2, 0.25) is 5.91 Å². The molecule has 0 unspecified atom stereocenters. The van der Waals surface area contributed by atoms with Gasteiger partial charge in [0.1, 0.15) is 0 Å². The van der Waals surface area contributed by atoms with Crippen molar-refractivity contribution >= 4 is 11.6 Å². The second-order valence-electron chi connectivity index (χ2n) is 4.80. The van der Waals surface area contributed by atoms with Crippen molar-refractivity contribution < 1.29 is 9.72 Å². The zero-order valence-electron chi connectivity index (χ0n) is 11.9. The van der Waals surface area contributed by atoms with E-state index < -0.39 is 10.5 Å². The van der Waals surface area contributed by atoms with Gasteiger partial charge < -0.3 is 11.1 Å². The van der Waals surface area contributed by atoms with E-state index in [4.69, 9.17) is 5.73 Å². The van der Waals surface area contributed by atoms with Crippen molar-refractivity contribution in [3.8, 4) is 0 Å². The van der Waals surface area contributed by atoms with Crippen LogP contribution in [0, 0.1) is 10.1 Å². The van der Waals surface area contributed by atoms with Gasteiger partial charge in [-0.15, -0.1) is 0 Å². The fraction of sp³-hybridized carbons (Fsp3) is 0.500. The van der Waals surface area contributed by atoms with Crippen LogP contribution in [0.25, 0.3) is 0 Å². The number of carbonyl (C=O) groups is 1. The van der Waals surface area contributed by atoms with E-state index in [-0.39, 0.29) is 18.0 Å². The number of benzene rings is 1. The predicted octanol–water partition coefficient (Wildman–Crippen LogP) is 1.77. The molecule has 0 fully saturated rings. The van der Waals surface area contributed by atoms with Crippen LogP contribution >= 0.6 is 0 Å². The predicted molar refractivity (Wildman–Crippen MR) is 77.3 cm³/mol. The molecule has 0 aliphatic carbocycles. The van der Waals surface area contributed by atoms with Crippen LogP contribution in [0.15, 0.2) is 24.3 Å². The zero-order chi connectivity index (χ0) is 15.2. The lowest BCUT2D eigenvalue weighted by Crippen LogP contribution is -2.53. The van der Waals surface area contributed by atoms with Gasteiger partial charge in [0.05, 0.1) is 16.9 Å². The highest BCUT2D eigenvalue weighted by Crippen LogP contribution is 2.19. The van der Waals surface area contributed by atoms with E-state index in [0.29, 0.717) is 12.1 Å². The third kappa shape index (κ3) is 3.77. The number of rotatable bonds is 7. The molecule has 0 aliphatic rings. The van der Waals surface area contributed by atoms with Gasteiger partial charge >= 0.3 is 0 Å². The number of amides is 1. The minimum Gasteiger partial charge on any atom is -0.349 e. The van der Waals surface area contributed by atoms with Crippen LogP contribution < -0.4 is 11.1 Å². The van der Waals surface area contributed by atoms with Crippen LogP contribution in [-0.4, -0.2) is 22.9 Å². The van der Waals surface area contributed by atoms with E-state index in [2.05, 4.69) is 5.32 Å². The monoisotopic (exact) mass is 279 g/mol. The average molecular weight is 279 g/mol. The molecular weight excluding hydrogens is 258 g/mol. The molecule has 0 spiro atoms. The molecule has 0 saturated heterocycles. The topological polar surface area (TPSA) is 98.3 Å². The highest BCUT2D eigenvalue weighted by atomic mass is 16.6. The molecule has 0 bridgehead atoms. The van der Waals surface area contributed by atoms with Crippen molar-refractivity contribution in [2.45, 2.75) is 38.6 Å². The number of carbonyl (C=O) groups excluding carboxylic acids is 1. The standard InChI is InChI=1S/C14H21N3O3/c1-3-14(4-2,10-15)16-13(18)9-11-7-5-6-8-12(11)17(19)20/h5-8H,3-4,9-10,15H2,1-2H3,(H,16,18). The lowest BCUT2D eigenvalue weighted by atomic mass is 9.92. The summed E-state index contributed by atoms with van der Waals surface area (Å²) in [5.41, 5.74) is 5.67. The van der Waals surface area contributed by atoms with Crippen molar-refractivity contribution in [1.82, 2.24) is 5.32 Å². The molecule has 20 heavy (non-hydrogen) atoms. The summed E-state index contributed by atoms with van der Waals surface area (Å²) in [6.45, 7) is 4.27. The van der Waals surface area contributed by atoms with Gasteiger partial charge in [-0.25, -0.2) is 0 Å². The lowest BCUT2D eigenvalue weighted by molar-refractivity contribution is -0.385. The minimum absolute atomic E-state index is 0.0150. The molecule has 3 N–H and O–H groups in total. The van der Waals surface area contributed by atoms with Gasteiger partial charge in [-0.2, -0.15) is 0 Å². The largest absolute Gasteiger partial charge is 0.349 e. The second kappa shape index (κ2) is 7.00. The van der Waals surface area contributed by atoms with Crippen molar-refractivity contribution in [1.29, 1.82) is 0 Å². The Bertz CT molecular complexity index is 476. The summed E-state index contributed by atoms with van der Waals surface area (Å²) in [5.74, 6) is -0.242. The number of nitrogens with one attached hydrogen (secondary N) is 1. The summed E-state index contributed by atoms with van der Waals surface area (Å²) in [4.78, 5) is 22.5. The smallest absolute Gasteiger partial charge is 0.273 e. The van der Waals surface area contributed by atoms with E-state index in [1.165, 1.54) is 6.07 Å². The highest BCUT2D eigenvalue weighted by molar-refractivity contribution is 5.80. The Hall–Kier alpha value is -1.95. The summed E-state index contributed by atoms with van der Waals surface area (Å²) >= 11 is 0. The SMILES string of the molecule is CCC(CC)(CN)NC(=O)Cc1ccccc1[N+](=O)[O-]. The molecular formula is C14H21N3O3. The second-order valence-corrected chi connectivity index (χ2v) is 4.80. The Kier molecular flexibility index (Phi) is 5.64. The summed E-state index contributed by atoms with van der Waals surface area (Å²) in [5, 5.41) is 13.8. The summed E-state index contributed by atoms with van der Waals surface area (Å²) < 4.78 is 0. The third-order valence-electron chi connectivity index (χ3n) is 3.69. The van der Waals surface area contributed by atoms with E-state index in [1.54, 1.807) is 18.2 Å². The van der Waals surface area contributed by atoms with E-state index in [1.807, 2.05) is 13.8 Å². The fourth-order valence-corrected chi connectivity index (χ4v) is 2.12. The fourth-order valence-electron chi connectivity index (χ4n) is 2.12. The normalized spacial score (nSPS) is 11.2. The van der Waals surface area contributed by atoms with Gasteiger partial charge in [0.15, 0.2) is 0 Å². The minimum atomic E-state index is -0.474. The molecule has 6 heteroatoms. The number of nitrogens with zero attached hydrogens (tertiary/aromatic N) is 1. The molecule has 110 valence electrons. The average Bonchev–Trinajstić information content (AvgIpc) is 2.45. The van der Waals surface area contributed by atoms with Crippen molar-refractivity contribution in [3.63, 3.8) is 0 Å². The maximum absolute atomic E-state index is 12.1. The first kappa shape index (κ1) is 16.1. The maximum Gasteiger partial charge on any atom is 0.273 e. The van der Waals surface area contributed by atoms with Crippen LogP contribution in [0.2, 0.25) is 0 Å². The number of para-hydroxylation sites is 1. The van der Waals surface area contributed by atoms with Gasteiger partial charge in [-0.05, 0) is 12.8 Å². The zero-order valence-corrected chi connectivity index (χ0v) is 11.9. The summed E-state index contributed by atoms with van der Waals surface area (Å²) in [6, 6.07) is 6.27. The molecule has 0 aliphatic heterocycles. The third-order valence-corrected chi connectivity index (χ3v) is 3.69. The van der Waals surface area contributed by atoms with Gasteiger partial charge in [-0.1, -0.05) is 32.0 Å². The van der Waals surface area contributed by atoms with Crippen molar-refractivity contribution in [3.05, 3.63) is 39.9 Å². The summed E-state index contributed by atoms with van der Waals surface area (Å²) in [7, 11) is 0. The molecule has 0 radical (unpaired) electrons. The van der Waals surface area contributed by atoms with Crippen molar-refractivity contribution in [2.75, 3.05) is 6.54 Å². The Morgan fingerprint density at radius 2 is 1.95 bits per heavy atom. The first-order valence-corrected chi connectivity index (χ1v) is 6.71. The number of nitrogens with two attached hydrogens (primary N) is 1. The maximum atomic E-state index is 12.1. The molecule has 0 aromatic heterocycles. The highest BCUT2D eigenvalue weighted by Gasteiger charge is 2.27. The number of nitro benzene ring substituents is 1. The Labute approximate surface area is 118 Å². The van der Waals surface area contributed by atoms with Crippen LogP contribution in [-0.2, 0) is 11.2 Å². The van der Waals surface area contributed by atoms with Gasteiger partial charge in [0.25, 0.3) is 5.69 Å². The van der Waals surface area contributed by atoms with Crippen molar-refractivity contribution in [2.24, 2.45) is 5.73 Å². The van der Waals surface area contributed by atoms with Crippen LogP contribution in [0.1, 0.15) is 32.3 Å². The van der Waals surface area contributed by atoms with Crippen LogP contribution in [0.3, 0.4) is 0 Å². The lowest BCUT2D eigenvalue weighted by Gasteiger charge is -2.31. The number of hydrogen-bond donors (Lipinski definition) is 2. The Balaban J connectivity index is 2.84. The molecule has 1 aromatic rings. The molecule has 0 atom stereocenters. The number of nitro groups is 1.